The summed E-state index contributed by atoms with van der Waals surface area (Å²) in [6, 6.07) is 12.1. The molecule has 0 bridgehead atoms. The summed E-state index contributed by atoms with van der Waals surface area (Å²) in [4.78, 5) is 30.1. The Bertz CT molecular complexity index is 801. The van der Waals surface area contributed by atoms with Crippen molar-refractivity contribution in [2.24, 2.45) is 5.16 Å². The number of amides is 1. The summed E-state index contributed by atoms with van der Waals surface area (Å²) in [5.41, 5.74) is 1.34. The largest absolute Gasteiger partial charge is 0.365 e. The van der Waals surface area contributed by atoms with Gasteiger partial charge in [0.25, 0.3) is 5.91 Å². The van der Waals surface area contributed by atoms with Crippen LogP contribution < -0.4 is 4.90 Å². The number of fused-ring (bicyclic) bond motifs is 1. The van der Waals surface area contributed by atoms with Crippen molar-refractivity contribution in [2.45, 2.75) is 0 Å². The molecule has 0 atom stereocenters. The second kappa shape index (κ2) is 5.40. The van der Waals surface area contributed by atoms with Gasteiger partial charge in [0, 0.05) is 12.6 Å². The molecule has 110 valence electrons. The Morgan fingerprint density at radius 2 is 1.95 bits per heavy atom. The van der Waals surface area contributed by atoms with Crippen molar-refractivity contribution in [3.05, 3.63) is 65.5 Å². The van der Waals surface area contributed by atoms with E-state index in [9.17, 15) is 14.0 Å². The monoisotopic (exact) mass is 298 g/mol. The van der Waals surface area contributed by atoms with Crippen LogP contribution in [0.2, 0.25) is 0 Å². The van der Waals surface area contributed by atoms with Crippen LogP contribution in [-0.4, -0.2) is 24.6 Å². The zero-order valence-corrected chi connectivity index (χ0v) is 11.6. The zero-order chi connectivity index (χ0) is 15.7. The summed E-state index contributed by atoms with van der Waals surface area (Å²) in [6.07, 6.45) is 0. The quantitative estimate of drug-likeness (QED) is 0.631. The Morgan fingerprint density at radius 3 is 2.73 bits per heavy atom. The maximum atomic E-state index is 13.1. The van der Waals surface area contributed by atoms with Crippen LogP contribution in [0, 0.1) is 5.82 Å². The molecule has 3 rings (SSSR count). The summed E-state index contributed by atoms with van der Waals surface area (Å²) in [5.74, 6) is -1.75. The molecule has 5 nitrogen and oxygen atoms in total. The number of nitrogens with zero attached hydrogens (tertiary/aromatic N) is 2. The number of hydrogen-bond donors (Lipinski definition) is 0. The van der Waals surface area contributed by atoms with E-state index in [0.717, 1.165) is 6.07 Å². The van der Waals surface area contributed by atoms with Gasteiger partial charge >= 0.3 is 5.97 Å². The molecule has 1 aliphatic heterocycles. The second-order valence-corrected chi connectivity index (χ2v) is 4.71. The van der Waals surface area contributed by atoms with E-state index in [-0.39, 0.29) is 17.2 Å². The first kappa shape index (κ1) is 13.9. The van der Waals surface area contributed by atoms with Crippen LogP contribution in [0.4, 0.5) is 10.1 Å². The minimum Gasteiger partial charge on any atom is -0.312 e. The van der Waals surface area contributed by atoms with Crippen molar-refractivity contribution >= 4 is 23.3 Å². The van der Waals surface area contributed by atoms with Gasteiger partial charge in [-0.3, -0.25) is 4.79 Å². The van der Waals surface area contributed by atoms with E-state index in [4.69, 9.17) is 4.84 Å². The van der Waals surface area contributed by atoms with E-state index >= 15 is 0 Å². The highest BCUT2D eigenvalue weighted by molar-refractivity contribution is 6.54. The van der Waals surface area contributed by atoms with Gasteiger partial charge in [-0.1, -0.05) is 29.4 Å². The van der Waals surface area contributed by atoms with Crippen molar-refractivity contribution < 1.29 is 18.8 Å². The van der Waals surface area contributed by atoms with Crippen molar-refractivity contribution in [2.75, 3.05) is 11.9 Å². The van der Waals surface area contributed by atoms with Crippen LogP contribution >= 0.6 is 0 Å². The van der Waals surface area contributed by atoms with E-state index in [2.05, 4.69) is 5.16 Å². The third-order valence-electron chi connectivity index (χ3n) is 3.31. The van der Waals surface area contributed by atoms with Gasteiger partial charge in [0.05, 0.1) is 11.3 Å². The van der Waals surface area contributed by atoms with Gasteiger partial charge < -0.3 is 9.74 Å². The standard InChI is InChI=1S/C16H11FN2O3/c1-19-13-8-3-2-7-12(13)14(15(19)20)18-22-16(21)10-5-4-6-11(17)9-10/h2-9H,1H3/b18-14-. The molecule has 0 spiro atoms. The molecule has 0 radical (unpaired) electrons. The molecule has 2 aromatic carbocycles. The van der Waals surface area contributed by atoms with Crippen LogP contribution in [0.25, 0.3) is 0 Å². The first-order chi connectivity index (χ1) is 10.6. The van der Waals surface area contributed by atoms with Crippen LogP contribution in [0.5, 0.6) is 0 Å². The average Bonchev–Trinajstić information content (AvgIpc) is 2.77. The molecule has 0 saturated carbocycles. The summed E-state index contributed by atoms with van der Waals surface area (Å²) >= 11 is 0. The van der Waals surface area contributed by atoms with E-state index < -0.39 is 11.8 Å². The maximum Gasteiger partial charge on any atom is 0.365 e. The van der Waals surface area contributed by atoms with Crippen molar-refractivity contribution in [3.8, 4) is 0 Å². The number of likely N-dealkylation sites (N-methyl/N-ethyl adjacent to an activating group) is 1. The Balaban J connectivity index is 1.87. The number of para-hydroxylation sites is 1. The van der Waals surface area contributed by atoms with Crippen molar-refractivity contribution in [1.82, 2.24) is 0 Å². The first-order valence-corrected chi connectivity index (χ1v) is 6.50. The average molecular weight is 298 g/mol. The lowest BCUT2D eigenvalue weighted by molar-refractivity contribution is -0.112. The van der Waals surface area contributed by atoms with Gasteiger partial charge in [0.2, 0.25) is 0 Å². The number of rotatable bonds is 2. The lowest BCUT2D eigenvalue weighted by atomic mass is 10.1. The molecule has 0 unspecified atom stereocenters. The Kier molecular flexibility index (Phi) is 3.42. The van der Waals surface area contributed by atoms with Crippen LogP contribution in [0.1, 0.15) is 15.9 Å². The van der Waals surface area contributed by atoms with Gasteiger partial charge in [0.1, 0.15) is 5.82 Å². The number of carbonyl (C=O) groups excluding carboxylic acids is 2. The lowest BCUT2D eigenvalue weighted by Crippen LogP contribution is -2.25. The molecule has 0 fully saturated rings. The fraction of sp³-hybridized carbons (Fsp3) is 0.0625. The molecule has 1 heterocycles. The Morgan fingerprint density at radius 1 is 1.18 bits per heavy atom. The molecule has 1 amide bonds. The number of hydrogen-bond acceptors (Lipinski definition) is 4. The van der Waals surface area contributed by atoms with Crippen LogP contribution in [0.15, 0.2) is 53.7 Å². The third kappa shape index (κ3) is 2.35. The zero-order valence-electron chi connectivity index (χ0n) is 11.6. The summed E-state index contributed by atoms with van der Waals surface area (Å²) < 4.78 is 13.1. The lowest BCUT2D eigenvalue weighted by Gasteiger charge is -2.07. The van der Waals surface area contributed by atoms with E-state index in [1.165, 1.54) is 23.1 Å². The van der Waals surface area contributed by atoms with Crippen molar-refractivity contribution in [1.29, 1.82) is 0 Å². The predicted molar refractivity (Wildman–Crippen MR) is 78.2 cm³/mol. The summed E-state index contributed by atoms with van der Waals surface area (Å²) in [7, 11) is 1.61. The molecule has 0 N–H and O–H groups in total. The number of carbonyl (C=O) groups is 2. The normalized spacial score (nSPS) is 15.1. The van der Waals surface area contributed by atoms with E-state index in [0.29, 0.717) is 11.3 Å². The topological polar surface area (TPSA) is 59.0 Å². The molecule has 2 aromatic rings. The highest BCUT2D eigenvalue weighted by Crippen LogP contribution is 2.27. The Hall–Kier alpha value is -3.02. The van der Waals surface area contributed by atoms with Gasteiger partial charge in [-0.2, -0.15) is 0 Å². The fourth-order valence-corrected chi connectivity index (χ4v) is 2.19. The first-order valence-electron chi connectivity index (χ1n) is 6.50. The van der Waals surface area contributed by atoms with Gasteiger partial charge in [0.15, 0.2) is 5.71 Å². The van der Waals surface area contributed by atoms with Crippen LogP contribution in [0.3, 0.4) is 0 Å². The molecule has 22 heavy (non-hydrogen) atoms. The van der Waals surface area contributed by atoms with Crippen molar-refractivity contribution in [3.63, 3.8) is 0 Å². The minimum atomic E-state index is -0.827. The van der Waals surface area contributed by atoms with Gasteiger partial charge in [-0.15, -0.1) is 0 Å². The molecular formula is C16H11FN2O3. The van der Waals surface area contributed by atoms with E-state index in [1.807, 2.05) is 0 Å². The number of anilines is 1. The maximum absolute atomic E-state index is 13.1. The number of halogens is 1. The van der Waals surface area contributed by atoms with Crippen LogP contribution in [-0.2, 0) is 9.63 Å². The molecule has 6 heteroatoms. The van der Waals surface area contributed by atoms with Gasteiger partial charge in [-0.05, 0) is 24.3 Å². The second-order valence-electron chi connectivity index (χ2n) is 4.71. The highest BCUT2D eigenvalue weighted by Gasteiger charge is 2.32. The smallest absolute Gasteiger partial charge is 0.312 e. The molecule has 0 aromatic heterocycles. The molecule has 1 aliphatic rings. The molecular weight excluding hydrogens is 287 g/mol. The SMILES string of the molecule is CN1C(=O)/C(=N\OC(=O)c2cccc(F)c2)c2ccccc21. The fourth-order valence-electron chi connectivity index (χ4n) is 2.19. The minimum absolute atomic E-state index is 0.0245. The van der Waals surface area contributed by atoms with Gasteiger partial charge in [-0.25, -0.2) is 9.18 Å². The molecule has 0 aliphatic carbocycles. The third-order valence-corrected chi connectivity index (χ3v) is 3.31. The molecule has 0 saturated heterocycles. The predicted octanol–water partition coefficient (Wildman–Crippen LogP) is 2.36. The summed E-state index contributed by atoms with van der Waals surface area (Å²) in [6.45, 7) is 0. The summed E-state index contributed by atoms with van der Waals surface area (Å²) in [5, 5.41) is 3.66. The van der Waals surface area contributed by atoms with E-state index in [1.54, 1.807) is 31.3 Å². The number of oxime groups is 1. The highest BCUT2D eigenvalue weighted by atomic mass is 19.1. The number of benzene rings is 2. The Labute approximate surface area is 125 Å².